The van der Waals surface area contributed by atoms with Crippen LogP contribution in [0, 0.1) is 0 Å². The van der Waals surface area contributed by atoms with Crippen LogP contribution >= 0.6 is 0 Å². The number of benzene rings is 4. The second kappa shape index (κ2) is 6.48. The Morgan fingerprint density at radius 2 is 1.11 bits per heavy atom. The largest absolute Gasteiger partial charge is 0.0622 e. The van der Waals surface area contributed by atoms with Crippen molar-refractivity contribution in [2.24, 2.45) is 0 Å². The molecular formula is C28H30. The highest BCUT2D eigenvalue weighted by Crippen LogP contribution is 2.39. The quantitative estimate of drug-likeness (QED) is 0.297. The van der Waals surface area contributed by atoms with E-state index in [0.29, 0.717) is 0 Å². The standard InChI is InChI=1S/C28H30/c1-27(2,3)22-14-15-24-21(17-22)16-20-12-13-23(28(4,5)6)18-25(20)26(24)19-10-8-7-9-11-19/h7-18H,1-6H3. The molecule has 0 aliphatic carbocycles. The van der Waals surface area contributed by atoms with Crippen molar-refractivity contribution in [1.29, 1.82) is 0 Å². The molecule has 0 N–H and O–H groups in total. The lowest BCUT2D eigenvalue weighted by molar-refractivity contribution is 0.590. The van der Waals surface area contributed by atoms with Crippen LogP contribution in [0.15, 0.2) is 72.8 Å². The zero-order chi connectivity index (χ0) is 20.1. The van der Waals surface area contributed by atoms with Gasteiger partial charge in [0.25, 0.3) is 0 Å². The lowest BCUT2D eigenvalue weighted by Crippen LogP contribution is -2.11. The van der Waals surface area contributed by atoms with E-state index in [1.807, 2.05) is 0 Å². The first-order valence-corrected chi connectivity index (χ1v) is 10.2. The minimum Gasteiger partial charge on any atom is -0.0622 e. The topological polar surface area (TPSA) is 0 Å². The van der Waals surface area contributed by atoms with Crippen molar-refractivity contribution in [3.63, 3.8) is 0 Å². The molecule has 4 aromatic carbocycles. The van der Waals surface area contributed by atoms with Gasteiger partial charge < -0.3 is 0 Å². The van der Waals surface area contributed by atoms with Crippen LogP contribution in [-0.4, -0.2) is 0 Å². The molecule has 0 aliphatic rings. The molecule has 0 radical (unpaired) electrons. The van der Waals surface area contributed by atoms with Crippen molar-refractivity contribution >= 4 is 21.5 Å². The van der Waals surface area contributed by atoms with Crippen molar-refractivity contribution in [1.82, 2.24) is 0 Å². The molecule has 0 unspecified atom stereocenters. The van der Waals surface area contributed by atoms with Crippen molar-refractivity contribution in [3.05, 3.63) is 83.9 Å². The molecule has 0 aliphatic heterocycles. The summed E-state index contributed by atoms with van der Waals surface area (Å²) < 4.78 is 0. The summed E-state index contributed by atoms with van der Waals surface area (Å²) in [5.41, 5.74) is 5.67. The molecule has 4 rings (SSSR count). The average molecular weight is 367 g/mol. The minimum atomic E-state index is 0.132. The highest BCUT2D eigenvalue weighted by Gasteiger charge is 2.18. The molecule has 0 heteroatoms. The fourth-order valence-corrected chi connectivity index (χ4v) is 3.97. The van der Waals surface area contributed by atoms with Gasteiger partial charge in [-0.1, -0.05) is 102 Å². The van der Waals surface area contributed by atoms with Crippen LogP contribution in [-0.2, 0) is 10.8 Å². The SMILES string of the molecule is CC(C)(C)c1ccc2c(-c3ccccc3)c3cc(C(C)(C)C)ccc3cc2c1. The molecule has 0 bridgehead atoms. The summed E-state index contributed by atoms with van der Waals surface area (Å²) in [5, 5.41) is 5.31. The number of hydrogen-bond donors (Lipinski definition) is 0. The van der Waals surface area contributed by atoms with Gasteiger partial charge in [0.1, 0.15) is 0 Å². The van der Waals surface area contributed by atoms with Gasteiger partial charge in [0.15, 0.2) is 0 Å². The molecule has 0 atom stereocenters. The molecule has 0 spiro atoms. The Kier molecular flexibility index (Phi) is 4.34. The van der Waals surface area contributed by atoms with E-state index in [2.05, 4.69) is 114 Å². The first-order chi connectivity index (χ1) is 13.1. The second-order valence-corrected chi connectivity index (χ2v) is 9.99. The Balaban J connectivity index is 2.13. The monoisotopic (exact) mass is 366 g/mol. The summed E-state index contributed by atoms with van der Waals surface area (Å²) in [6, 6.07) is 27.2. The molecule has 0 saturated heterocycles. The third-order valence-electron chi connectivity index (χ3n) is 5.75. The van der Waals surface area contributed by atoms with Crippen molar-refractivity contribution in [2.45, 2.75) is 52.4 Å². The summed E-state index contributed by atoms with van der Waals surface area (Å²) >= 11 is 0. The molecule has 142 valence electrons. The van der Waals surface area contributed by atoms with Crippen LogP contribution in [0.3, 0.4) is 0 Å². The summed E-state index contributed by atoms with van der Waals surface area (Å²) in [6.07, 6.45) is 0. The zero-order valence-electron chi connectivity index (χ0n) is 17.9. The van der Waals surface area contributed by atoms with Gasteiger partial charge in [0, 0.05) is 0 Å². The smallest absolute Gasteiger partial charge is 0.00267 e. The molecular weight excluding hydrogens is 336 g/mol. The van der Waals surface area contributed by atoms with Gasteiger partial charge in [-0.2, -0.15) is 0 Å². The predicted octanol–water partition coefficient (Wildman–Crippen LogP) is 8.26. The maximum atomic E-state index is 2.40. The van der Waals surface area contributed by atoms with E-state index in [9.17, 15) is 0 Å². The third-order valence-corrected chi connectivity index (χ3v) is 5.75. The number of hydrogen-bond acceptors (Lipinski definition) is 0. The molecule has 0 amide bonds. The van der Waals surface area contributed by atoms with E-state index in [0.717, 1.165) is 0 Å². The Labute approximate surface area is 169 Å². The van der Waals surface area contributed by atoms with E-state index < -0.39 is 0 Å². The fourth-order valence-electron chi connectivity index (χ4n) is 3.97. The van der Waals surface area contributed by atoms with E-state index in [1.54, 1.807) is 0 Å². The molecule has 0 saturated carbocycles. The van der Waals surface area contributed by atoms with Crippen molar-refractivity contribution < 1.29 is 0 Å². The lowest BCUT2D eigenvalue weighted by Gasteiger charge is -2.22. The normalized spacial score (nSPS) is 12.6. The van der Waals surface area contributed by atoms with Gasteiger partial charge in [-0.05, 0) is 66.8 Å². The van der Waals surface area contributed by atoms with Gasteiger partial charge in [-0.25, -0.2) is 0 Å². The van der Waals surface area contributed by atoms with Gasteiger partial charge in [-0.15, -0.1) is 0 Å². The first kappa shape index (κ1) is 18.7. The molecule has 0 nitrogen and oxygen atoms in total. The fraction of sp³-hybridized carbons (Fsp3) is 0.286. The Morgan fingerprint density at radius 1 is 0.500 bits per heavy atom. The zero-order valence-corrected chi connectivity index (χ0v) is 17.9. The molecule has 0 heterocycles. The Morgan fingerprint density at radius 3 is 1.75 bits per heavy atom. The van der Waals surface area contributed by atoms with E-state index in [1.165, 1.54) is 43.8 Å². The van der Waals surface area contributed by atoms with Gasteiger partial charge in [0.05, 0.1) is 0 Å². The Bertz CT molecular complexity index is 1150. The molecule has 0 fully saturated rings. The lowest BCUT2D eigenvalue weighted by atomic mass is 9.82. The van der Waals surface area contributed by atoms with Crippen molar-refractivity contribution in [3.8, 4) is 11.1 Å². The van der Waals surface area contributed by atoms with Crippen LogP contribution in [0.1, 0.15) is 52.7 Å². The Hall–Kier alpha value is -2.60. The summed E-state index contributed by atoms with van der Waals surface area (Å²) in [6.45, 7) is 13.7. The molecule has 4 aromatic rings. The highest BCUT2D eigenvalue weighted by atomic mass is 14.2. The van der Waals surface area contributed by atoms with Crippen LogP contribution in [0.25, 0.3) is 32.7 Å². The predicted molar refractivity (Wildman–Crippen MR) is 124 cm³/mol. The summed E-state index contributed by atoms with van der Waals surface area (Å²) in [4.78, 5) is 0. The highest BCUT2D eigenvalue weighted by molar-refractivity contribution is 6.13. The van der Waals surface area contributed by atoms with E-state index >= 15 is 0 Å². The maximum absolute atomic E-state index is 2.40. The van der Waals surface area contributed by atoms with Crippen LogP contribution in [0.2, 0.25) is 0 Å². The first-order valence-electron chi connectivity index (χ1n) is 10.2. The van der Waals surface area contributed by atoms with Gasteiger partial charge in [0.2, 0.25) is 0 Å². The van der Waals surface area contributed by atoms with Gasteiger partial charge >= 0.3 is 0 Å². The van der Waals surface area contributed by atoms with E-state index in [-0.39, 0.29) is 10.8 Å². The minimum absolute atomic E-state index is 0.132. The van der Waals surface area contributed by atoms with Crippen LogP contribution in [0.5, 0.6) is 0 Å². The van der Waals surface area contributed by atoms with Crippen LogP contribution in [0.4, 0.5) is 0 Å². The van der Waals surface area contributed by atoms with Gasteiger partial charge in [-0.3, -0.25) is 0 Å². The second-order valence-electron chi connectivity index (χ2n) is 9.99. The average Bonchev–Trinajstić information content (AvgIpc) is 2.64. The molecule has 0 aromatic heterocycles. The maximum Gasteiger partial charge on any atom is -0.00267 e. The van der Waals surface area contributed by atoms with E-state index in [4.69, 9.17) is 0 Å². The van der Waals surface area contributed by atoms with Crippen molar-refractivity contribution in [2.75, 3.05) is 0 Å². The summed E-state index contributed by atoms with van der Waals surface area (Å²) in [5.74, 6) is 0. The van der Waals surface area contributed by atoms with Crippen LogP contribution < -0.4 is 0 Å². The third kappa shape index (κ3) is 3.33. The number of fused-ring (bicyclic) bond motifs is 2. The summed E-state index contributed by atoms with van der Waals surface area (Å²) in [7, 11) is 0. The molecule has 28 heavy (non-hydrogen) atoms. The number of rotatable bonds is 1.